The van der Waals surface area contributed by atoms with Crippen LogP contribution in [0.15, 0.2) is 48.5 Å². The summed E-state index contributed by atoms with van der Waals surface area (Å²) in [6, 6.07) is 15.7. The Hall–Kier alpha value is -1.51. The van der Waals surface area contributed by atoms with Crippen LogP contribution in [0.3, 0.4) is 0 Å². The van der Waals surface area contributed by atoms with Gasteiger partial charge in [0.2, 0.25) is 0 Å². The van der Waals surface area contributed by atoms with Crippen molar-refractivity contribution in [2.75, 3.05) is 6.61 Å². The van der Waals surface area contributed by atoms with E-state index in [9.17, 15) is 0 Å². The molecule has 0 saturated heterocycles. The maximum atomic E-state index is 9.17. The fourth-order valence-electron chi connectivity index (χ4n) is 1.64. The van der Waals surface area contributed by atoms with E-state index >= 15 is 0 Å². The third kappa shape index (κ3) is 3.25. The highest BCUT2D eigenvalue weighted by atomic mass is 35.5. The van der Waals surface area contributed by atoms with Crippen molar-refractivity contribution < 1.29 is 9.84 Å². The summed E-state index contributed by atoms with van der Waals surface area (Å²) >= 11 is 6.16. The average molecular weight is 263 g/mol. The molecule has 0 amide bonds. The molecule has 0 aromatic heterocycles. The molecule has 2 nitrogen and oxygen atoms in total. The summed E-state index contributed by atoms with van der Waals surface area (Å²) in [5.41, 5.74) is 2.16. The molecular formula is C15H15ClO2. The zero-order valence-corrected chi connectivity index (χ0v) is 10.9. The molecule has 2 aromatic rings. The van der Waals surface area contributed by atoms with Crippen molar-refractivity contribution >= 4 is 11.6 Å². The standard InChI is InChI=1S/C15H15ClO2/c1-11(17)10-18-15-8-7-13(9-14(15)16)12-5-3-2-4-6-12/h2-9,11,17H,10H2,1H3. The summed E-state index contributed by atoms with van der Waals surface area (Å²) in [4.78, 5) is 0. The number of ether oxygens (including phenoxy) is 1. The van der Waals surface area contributed by atoms with Crippen LogP contribution < -0.4 is 4.74 Å². The molecule has 1 N–H and O–H groups in total. The Balaban J connectivity index is 2.20. The first-order chi connectivity index (χ1) is 8.66. The number of halogens is 1. The van der Waals surface area contributed by atoms with Crippen LogP contribution in [0.5, 0.6) is 5.75 Å². The summed E-state index contributed by atoms with van der Waals surface area (Å²) in [5.74, 6) is 0.595. The van der Waals surface area contributed by atoms with Crippen LogP contribution in [-0.2, 0) is 0 Å². The second-order valence-corrected chi connectivity index (χ2v) is 4.58. The van der Waals surface area contributed by atoms with Crippen molar-refractivity contribution in [2.45, 2.75) is 13.0 Å². The number of benzene rings is 2. The fraction of sp³-hybridized carbons (Fsp3) is 0.200. The first-order valence-electron chi connectivity index (χ1n) is 5.82. The van der Waals surface area contributed by atoms with Crippen molar-refractivity contribution in [1.29, 1.82) is 0 Å². The van der Waals surface area contributed by atoms with Gasteiger partial charge in [-0.05, 0) is 30.2 Å². The van der Waals surface area contributed by atoms with E-state index in [0.717, 1.165) is 11.1 Å². The van der Waals surface area contributed by atoms with Crippen LogP contribution in [0.2, 0.25) is 5.02 Å². The Bertz CT molecular complexity index is 509. The van der Waals surface area contributed by atoms with Gasteiger partial charge in [-0.3, -0.25) is 0 Å². The zero-order valence-electron chi connectivity index (χ0n) is 10.1. The predicted molar refractivity (Wildman–Crippen MR) is 74.1 cm³/mol. The molecule has 94 valence electrons. The normalized spacial score (nSPS) is 12.2. The van der Waals surface area contributed by atoms with Crippen molar-refractivity contribution in [3.8, 4) is 16.9 Å². The maximum Gasteiger partial charge on any atom is 0.138 e. The smallest absolute Gasteiger partial charge is 0.138 e. The lowest BCUT2D eigenvalue weighted by Gasteiger charge is -2.11. The Morgan fingerprint density at radius 1 is 1.11 bits per heavy atom. The lowest BCUT2D eigenvalue weighted by Crippen LogP contribution is -2.12. The van der Waals surface area contributed by atoms with Gasteiger partial charge in [-0.2, -0.15) is 0 Å². The predicted octanol–water partition coefficient (Wildman–Crippen LogP) is 3.77. The van der Waals surface area contributed by atoms with Crippen molar-refractivity contribution in [1.82, 2.24) is 0 Å². The molecule has 1 unspecified atom stereocenters. The molecule has 18 heavy (non-hydrogen) atoms. The number of rotatable bonds is 4. The van der Waals surface area contributed by atoms with Gasteiger partial charge in [-0.1, -0.05) is 48.0 Å². The molecule has 1 atom stereocenters. The SMILES string of the molecule is CC(O)COc1ccc(-c2ccccc2)cc1Cl. The molecule has 0 bridgehead atoms. The highest BCUT2D eigenvalue weighted by Crippen LogP contribution is 2.30. The Kier molecular flexibility index (Phi) is 4.24. The van der Waals surface area contributed by atoms with E-state index in [4.69, 9.17) is 21.4 Å². The quantitative estimate of drug-likeness (QED) is 0.909. The van der Waals surface area contributed by atoms with E-state index in [1.807, 2.05) is 48.5 Å². The molecule has 0 heterocycles. The van der Waals surface area contributed by atoms with Crippen LogP contribution in [0.25, 0.3) is 11.1 Å². The maximum absolute atomic E-state index is 9.17. The molecule has 2 rings (SSSR count). The highest BCUT2D eigenvalue weighted by molar-refractivity contribution is 6.32. The topological polar surface area (TPSA) is 29.5 Å². The second kappa shape index (κ2) is 5.89. The van der Waals surface area contributed by atoms with E-state index in [2.05, 4.69) is 0 Å². The number of aliphatic hydroxyl groups is 1. The van der Waals surface area contributed by atoms with E-state index < -0.39 is 6.10 Å². The third-order valence-electron chi connectivity index (χ3n) is 2.52. The second-order valence-electron chi connectivity index (χ2n) is 4.17. The fourth-order valence-corrected chi connectivity index (χ4v) is 1.87. The Labute approximate surface area is 112 Å². The third-order valence-corrected chi connectivity index (χ3v) is 2.81. The van der Waals surface area contributed by atoms with Gasteiger partial charge in [0.25, 0.3) is 0 Å². The van der Waals surface area contributed by atoms with Gasteiger partial charge in [0, 0.05) is 0 Å². The van der Waals surface area contributed by atoms with Crippen molar-refractivity contribution in [3.63, 3.8) is 0 Å². The molecule has 0 aliphatic carbocycles. The van der Waals surface area contributed by atoms with Crippen molar-refractivity contribution in [2.24, 2.45) is 0 Å². The van der Waals surface area contributed by atoms with E-state index in [1.165, 1.54) is 0 Å². The van der Waals surface area contributed by atoms with Gasteiger partial charge in [0.15, 0.2) is 0 Å². The van der Waals surface area contributed by atoms with E-state index in [1.54, 1.807) is 6.92 Å². The van der Waals surface area contributed by atoms with E-state index in [-0.39, 0.29) is 6.61 Å². The number of hydrogen-bond acceptors (Lipinski definition) is 2. The largest absolute Gasteiger partial charge is 0.489 e. The molecule has 0 radical (unpaired) electrons. The zero-order chi connectivity index (χ0) is 13.0. The van der Waals surface area contributed by atoms with Crippen LogP contribution >= 0.6 is 11.6 Å². The minimum absolute atomic E-state index is 0.240. The molecule has 0 aliphatic heterocycles. The summed E-state index contributed by atoms with van der Waals surface area (Å²) < 4.78 is 5.41. The molecule has 0 aliphatic rings. The van der Waals surface area contributed by atoms with Gasteiger partial charge >= 0.3 is 0 Å². The van der Waals surface area contributed by atoms with Gasteiger partial charge in [-0.15, -0.1) is 0 Å². The number of hydrogen-bond donors (Lipinski definition) is 1. The Morgan fingerprint density at radius 2 is 1.83 bits per heavy atom. The minimum Gasteiger partial charge on any atom is -0.489 e. The van der Waals surface area contributed by atoms with E-state index in [0.29, 0.717) is 10.8 Å². The summed E-state index contributed by atoms with van der Waals surface area (Å²) in [6.45, 7) is 1.91. The summed E-state index contributed by atoms with van der Waals surface area (Å²) in [6.07, 6.45) is -0.505. The molecule has 0 saturated carbocycles. The van der Waals surface area contributed by atoms with Gasteiger partial charge in [0.05, 0.1) is 11.1 Å². The van der Waals surface area contributed by atoms with Gasteiger partial charge in [0.1, 0.15) is 12.4 Å². The molecule has 2 aromatic carbocycles. The van der Waals surface area contributed by atoms with Crippen LogP contribution in [0.1, 0.15) is 6.92 Å². The average Bonchev–Trinajstić information content (AvgIpc) is 2.38. The molecule has 0 spiro atoms. The highest BCUT2D eigenvalue weighted by Gasteiger charge is 2.05. The lowest BCUT2D eigenvalue weighted by atomic mass is 10.1. The summed E-state index contributed by atoms with van der Waals surface area (Å²) in [7, 11) is 0. The molecule has 0 fully saturated rings. The lowest BCUT2D eigenvalue weighted by molar-refractivity contribution is 0.123. The number of aliphatic hydroxyl groups excluding tert-OH is 1. The first-order valence-corrected chi connectivity index (χ1v) is 6.20. The Morgan fingerprint density at radius 3 is 2.44 bits per heavy atom. The van der Waals surface area contributed by atoms with Crippen molar-refractivity contribution in [3.05, 3.63) is 53.6 Å². The minimum atomic E-state index is -0.505. The monoisotopic (exact) mass is 262 g/mol. The van der Waals surface area contributed by atoms with Gasteiger partial charge in [-0.25, -0.2) is 0 Å². The first kappa shape index (κ1) is 12.9. The van der Waals surface area contributed by atoms with Crippen LogP contribution in [-0.4, -0.2) is 17.8 Å². The van der Waals surface area contributed by atoms with Crippen LogP contribution in [0, 0.1) is 0 Å². The molecular weight excluding hydrogens is 248 g/mol. The van der Waals surface area contributed by atoms with Crippen LogP contribution in [0.4, 0.5) is 0 Å². The van der Waals surface area contributed by atoms with Gasteiger partial charge < -0.3 is 9.84 Å². The molecule has 3 heteroatoms. The summed E-state index contributed by atoms with van der Waals surface area (Å²) in [5, 5.41) is 9.72.